The molecule has 0 saturated heterocycles. The minimum Gasteiger partial charge on any atom is -0.456 e. The normalized spacial score (nSPS) is 11.6. The molecule has 0 aliphatic heterocycles. The van der Waals surface area contributed by atoms with Gasteiger partial charge in [-0.15, -0.1) is 0 Å². The molecular weight excluding hydrogens is 613 g/mol. The highest BCUT2D eigenvalue weighted by Crippen LogP contribution is 2.38. The van der Waals surface area contributed by atoms with Crippen LogP contribution in [0.15, 0.2) is 174 Å². The van der Waals surface area contributed by atoms with E-state index in [0.717, 1.165) is 66.3 Å². The van der Waals surface area contributed by atoms with Crippen LogP contribution in [-0.4, -0.2) is 19.5 Å². The standard InChI is InChI=1S/C45H28N4O/c1-4-12-29(13-5-1)32-20-24-37-38-25-22-34(28-42(38)50-41(37)27-32)49-39-19-11-10-18-35(39)36-23-21-33(26-40(36)49)45-47-43(30-14-6-2-7-15-30)46-44(48-45)31-16-8-3-9-17-31/h1-28H. The van der Waals surface area contributed by atoms with Gasteiger partial charge in [-0.25, -0.2) is 15.0 Å². The topological polar surface area (TPSA) is 56.7 Å². The predicted molar refractivity (Wildman–Crippen MR) is 203 cm³/mol. The number of para-hydroxylation sites is 1. The predicted octanol–water partition coefficient (Wildman–Crippen LogP) is 11.5. The van der Waals surface area contributed by atoms with Crippen LogP contribution in [0.4, 0.5) is 0 Å². The fourth-order valence-electron chi connectivity index (χ4n) is 7.04. The molecule has 0 saturated carbocycles. The van der Waals surface area contributed by atoms with Crippen molar-refractivity contribution in [3.8, 4) is 51.0 Å². The van der Waals surface area contributed by atoms with Crippen LogP contribution in [0.3, 0.4) is 0 Å². The summed E-state index contributed by atoms with van der Waals surface area (Å²) in [5.41, 5.74) is 10.0. The Kier molecular flexibility index (Phi) is 6.42. The molecule has 0 amide bonds. The van der Waals surface area contributed by atoms with Crippen molar-refractivity contribution >= 4 is 43.7 Å². The van der Waals surface area contributed by atoms with Crippen molar-refractivity contribution in [1.29, 1.82) is 0 Å². The zero-order chi connectivity index (χ0) is 33.0. The van der Waals surface area contributed by atoms with Gasteiger partial charge in [0, 0.05) is 50.0 Å². The molecule has 0 atom stereocenters. The molecule has 0 bridgehead atoms. The van der Waals surface area contributed by atoms with E-state index in [2.05, 4.69) is 108 Å². The van der Waals surface area contributed by atoms with Crippen molar-refractivity contribution in [1.82, 2.24) is 19.5 Å². The second-order valence-corrected chi connectivity index (χ2v) is 12.5. The molecule has 5 heteroatoms. The zero-order valence-corrected chi connectivity index (χ0v) is 26.9. The maximum absolute atomic E-state index is 6.54. The van der Waals surface area contributed by atoms with Gasteiger partial charge in [0.05, 0.1) is 11.0 Å². The Labute approximate surface area is 287 Å². The first-order valence-corrected chi connectivity index (χ1v) is 16.7. The van der Waals surface area contributed by atoms with Crippen molar-refractivity contribution in [2.75, 3.05) is 0 Å². The zero-order valence-electron chi connectivity index (χ0n) is 26.9. The second kappa shape index (κ2) is 11.4. The van der Waals surface area contributed by atoms with E-state index in [1.54, 1.807) is 0 Å². The van der Waals surface area contributed by atoms with Gasteiger partial charge in [0.1, 0.15) is 11.2 Å². The van der Waals surface area contributed by atoms with E-state index < -0.39 is 0 Å². The molecule has 0 N–H and O–H groups in total. The van der Waals surface area contributed by atoms with Crippen molar-refractivity contribution in [3.05, 3.63) is 170 Å². The second-order valence-electron chi connectivity index (χ2n) is 12.5. The van der Waals surface area contributed by atoms with Gasteiger partial charge in [-0.2, -0.15) is 0 Å². The Morgan fingerprint density at radius 1 is 0.340 bits per heavy atom. The molecule has 0 fully saturated rings. The molecule has 50 heavy (non-hydrogen) atoms. The third kappa shape index (κ3) is 4.67. The Balaban J connectivity index is 1.15. The van der Waals surface area contributed by atoms with E-state index in [1.807, 2.05) is 66.7 Å². The Morgan fingerprint density at radius 3 is 1.52 bits per heavy atom. The molecule has 0 aliphatic rings. The number of furan rings is 1. The molecule has 0 spiro atoms. The highest BCUT2D eigenvalue weighted by atomic mass is 16.3. The molecule has 3 heterocycles. The summed E-state index contributed by atoms with van der Waals surface area (Å²) >= 11 is 0. The summed E-state index contributed by atoms with van der Waals surface area (Å²) in [7, 11) is 0. The summed E-state index contributed by atoms with van der Waals surface area (Å²) in [4.78, 5) is 14.9. The molecule has 0 unspecified atom stereocenters. The Hall–Kier alpha value is -6.85. The summed E-state index contributed by atoms with van der Waals surface area (Å²) in [6, 6.07) is 58.6. The lowest BCUT2D eigenvalue weighted by atomic mass is 10.0. The summed E-state index contributed by atoms with van der Waals surface area (Å²) in [5.74, 6) is 1.90. The van der Waals surface area contributed by atoms with E-state index in [1.165, 1.54) is 10.9 Å². The van der Waals surface area contributed by atoms with E-state index in [9.17, 15) is 0 Å². The van der Waals surface area contributed by atoms with Gasteiger partial charge < -0.3 is 8.98 Å². The van der Waals surface area contributed by atoms with Crippen molar-refractivity contribution in [3.63, 3.8) is 0 Å². The van der Waals surface area contributed by atoms with Crippen LogP contribution in [0, 0.1) is 0 Å². The van der Waals surface area contributed by atoms with Crippen LogP contribution in [0.1, 0.15) is 0 Å². The maximum atomic E-state index is 6.54. The minimum atomic E-state index is 0.623. The highest BCUT2D eigenvalue weighted by molar-refractivity contribution is 6.11. The van der Waals surface area contributed by atoms with Crippen LogP contribution in [-0.2, 0) is 0 Å². The first-order valence-electron chi connectivity index (χ1n) is 16.7. The number of fused-ring (bicyclic) bond motifs is 6. The summed E-state index contributed by atoms with van der Waals surface area (Å²) in [6.45, 7) is 0. The molecule has 0 aliphatic carbocycles. The maximum Gasteiger partial charge on any atom is 0.164 e. The first-order chi connectivity index (χ1) is 24.8. The third-order valence-electron chi connectivity index (χ3n) is 9.45. The number of hydrogen-bond donors (Lipinski definition) is 0. The third-order valence-corrected chi connectivity index (χ3v) is 9.45. The summed E-state index contributed by atoms with van der Waals surface area (Å²) < 4.78 is 8.85. The van der Waals surface area contributed by atoms with Gasteiger partial charge in [-0.1, -0.05) is 127 Å². The van der Waals surface area contributed by atoms with Gasteiger partial charge in [0.15, 0.2) is 17.5 Å². The number of hydrogen-bond acceptors (Lipinski definition) is 4. The van der Waals surface area contributed by atoms with Crippen LogP contribution in [0.2, 0.25) is 0 Å². The lowest BCUT2D eigenvalue weighted by Gasteiger charge is -2.10. The number of nitrogens with zero attached hydrogens (tertiary/aromatic N) is 4. The van der Waals surface area contributed by atoms with E-state index in [4.69, 9.17) is 19.4 Å². The molecule has 10 rings (SSSR count). The van der Waals surface area contributed by atoms with Crippen molar-refractivity contribution < 1.29 is 4.42 Å². The smallest absolute Gasteiger partial charge is 0.164 e. The van der Waals surface area contributed by atoms with Crippen LogP contribution in [0.5, 0.6) is 0 Å². The molecule has 10 aromatic rings. The fraction of sp³-hybridized carbons (Fsp3) is 0. The highest BCUT2D eigenvalue weighted by Gasteiger charge is 2.18. The van der Waals surface area contributed by atoms with Crippen molar-refractivity contribution in [2.24, 2.45) is 0 Å². The minimum absolute atomic E-state index is 0.623. The van der Waals surface area contributed by atoms with Crippen molar-refractivity contribution in [2.45, 2.75) is 0 Å². The average molecular weight is 641 g/mol. The van der Waals surface area contributed by atoms with Crippen LogP contribution < -0.4 is 0 Å². The number of rotatable bonds is 5. The molecule has 7 aromatic carbocycles. The Bertz CT molecular complexity index is 2800. The first kappa shape index (κ1) is 28.2. The van der Waals surface area contributed by atoms with E-state index in [-0.39, 0.29) is 0 Å². The molecule has 234 valence electrons. The van der Waals surface area contributed by atoms with Gasteiger partial charge in [0.25, 0.3) is 0 Å². The van der Waals surface area contributed by atoms with Gasteiger partial charge in [-0.3, -0.25) is 0 Å². The monoisotopic (exact) mass is 640 g/mol. The quantitative estimate of drug-likeness (QED) is 0.188. The molecule has 0 radical (unpaired) electrons. The summed E-state index contributed by atoms with van der Waals surface area (Å²) in [6.07, 6.45) is 0. The molecular formula is C45H28N4O. The SMILES string of the molecule is c1ccc(-c2ccc3c(c2)oc2cc(-n4c5ccccc5c5ccc(-c6nc(-c7ccccc7)nc(-c7ccccc7)n6)cc54)ccc23)cc1. The fourth-order valence-corrected chi connectivity index (χ4v) is 7.04. The number of benzene rings is 7. The lowest BCUT2D eigenvalue weighted by molar-refractivity contribution is 0.669. The molecule has 3 aromatic heterocycles. The van der Waals surface area contributed by atoms with E-state index >= 15 is 0 Å². The van der Waals surface area contributed by atoms with Gasteiger partial charge in [0.2, 0.25) is 0 Å². The van der Waals surface area contributed by atoms with E-state index in [0.29, 0.717) is 17.5 Å². The lowest BCUT2D eigenvalue weighted by Crippen LogP contribution is -2.00. The van der Waals surface area contributed by atoms with Crippen LogP contribution in [0.25, 0.3) is 94.7 Å². The molecule has 5 nitrogen and oxygen atoms in total. The Morgan fingerprint density at radius 2 is 0.840 bits per heavy atom. The summed E-state index contributed by atoms with van der Waals surface area (Å²) in [5, 5.41) is 4.53. The number of aromatic nitrogens is 4. The average Bonchev–Trinajstić information content (AvgIpc) is 3.73. The largest absolute Gasteiger partial charge is 0.456 e. The van der Waals surface area contributed by atoms with Crippen LogP contribution >= 0.6 is 0 Å². The van der Waals surface area contributed by atoms with Gasteiger partial charge >= 0.3 is 0 Å². The van der Waals surface area contributed by atoms with Gasteiger partial charge in [-0.05, 0) is 47.5 Å².